The summed E-state index contributed by atoms with van der Waals surface area (Å²) >= 11 is 1.43. The van der Waals surface area contributed by atoms with E-state index >= 15 is 0 Å². The van der Waals surface area contributed by atoms with Crippen LogP contribution in [0.15, 0.2) is 28.0 Å². The zero-order valence-electron chi connectivity index (χ0n) is 14.4. The third-order valence-corrected chi connectivity index (χ3v) is 5.27. The molecule has 0 bridgehead atoms. The van der Waals surface area contributed by atoms with Crippen molar-refractivity contribution in [2.45, 2.75) is 57.3 Å². The van der Waals surface area contributed by atoms with E-state index in [-0.39, 0.29) is 11.9 Å². The van der Waals surface area contributed by atoms with Crippen molar-refractivity contribution in [1.82, 2.24) is 20.1 Å². The van der Waals surface area contributed by atoms with Crippen molar-refractivity contribution in [3.05, 3.63) is 30.0 Å². The van der Waals surface area contributed by atoms with Crippen LogP contribution in [0, 0.1) is 5.92 Å². The Morgan fingerprint density at radius 1 is 1.42 bits per heavy atom. The number of rotatable bonds is 8. The number of amides is 1. The van der Waals surface area contributed by atoms with E-state index in [1.807, 2.05) is 19.1 Å². The van der Waals surface area contributed by atoms with E-state index in [2.05, 4.69) is 33.9 Å². The monoisotopic (exact) mass is 348 g/mol. The summed E-state index contributed by atoms with van der Waals surface area (Å²) in [6.07, 6.45) is 3.99. The predicted molar refractivity (Wildman–Crippen MR) is 93.0 cm³/mol. The van der Waals surface area contributed by atoms with Crippen LogP contribution < -0.4 is 5.32 Å². The van der Waals surface area contributed by atoms with Gasteiger partial charge in [-0.1, -0.05) is 25.6 Å². The van der Waals surface area contributed by atoms with Crippen molar-refractivity contribution < 1.29 is 9.21 Å². The number of nitrogens with zero attached hydrogens (tertiary/aromatic N) is 3. The van der Waals surface area contributed by atoms with E-state index in [1.54, 1.807) is 6.26 Å². The number of hydrogen-bond donors (Lipinski definition) is 1. The third-order valence-electron chi connectivity index (χ3n) is 4.30. The number of carbonyl (C=O) groups is 1. The first-order chi connectivity index (χ1) is 11.5. The van der Waals surface area contributed by atoms with Crippen molar-refractivity contribution in [2.75, 3.05) is 5.75 Å². The second kappa shape index (κ2) is 7.42. The van der Waals surface area contributed by atoms with Gasteiger partial charge in [0.15, 0.2) is 5.16 Å². The summed E-state index contributed by atoms with van der Waals surface area (Å²) in [6.45, 7) is 6.83. The first-order valence-corrected chi connectivity index (χ1v) is 9.40. The summed E-state index contributed by atoms with van der Waals surface area (Å²) in [5, 5.41) is 12.4. The topological polar surface area (TPSA) is 73.0 Å². The van der Waals surface area contributed by atoms with Gasteiger partial charge in [-0.2, -0.15) is 0 Å². The number of nitrogens with one attached hydrogen (secondary N) is 1. The average Bonchev–Trinajstić information content (AvgIpc) is 3.11. The molecule has 0 aliphatic heterocycles. The van der Waals surface area contributed by atoms with E-state index in [1.165, 1.54) is 11.8 Å². The van der Waals surface area contributed by atoms with Crippen LogP contribution >= 0.6 is 11.8 Å². The van der Waals surface area contributed by atoms with E-state index in [0.717, 1.165) is 29.6 Å². The van der Waals surface area contributed by atoms with Crippen molar-refractivity contribution in [3.63, 3.8) is 0 Å². The number of hydrogen-bond acceptors (Lipinski definition) is 5. The van der Waals surface area contributed by atoms with Gasteiger partial charge in [-0.25, -0.2) is 0 Å². The highest BCUT2D eigenvalue weighted by Crippen LogP contribution is 2.40. The molecule has 1 saturated carbocycles. The molecule has 7 heteroatoms. The average molecular weight is 348 g/mol. The molecule has 0 spiro atoms. The Morgan fingerprint density at radius 2 is 2.21 bits per heavy atom. The lowest BCUT2D eigenvalue weighted by Crippen LogP contribution is -2.37. The van der Waals surface area contributed by atoms with Crippen LogP contribution in [-0.4, -0.2) is 32.5 Å². The number of furan rings is 1. The summed E-state index contributed by atoms with van der Waals surface area (Å²) < 4.78 is 7.54. The molecule has 130 valence electrons. The van der Waals surface area contributed by atoms with Gasteiger partial charge in [-0.3, -0.25) is 9.36 Å². The molecule has 2 aromatic rings. The van der Waals surface area contributed by atoms with E-state index in [9.17, 15) is 4.79 Å². The van der Waals surface area contributed by atoms with E-state index < -0.39 is 0 Å². The molecule has 0 radical (unpaired) electrons. The molecule has 1 N–H and O–H groups in total. The standard InChI is InChI=1S/C17H24N4O2S/c1-11(2)12(3)18-15(22)10-24-17-20-19-16(13-6-7-13)21(17)9-14-5-4-8-23-14/h4-5,8,11-13H,6-7,9-10H2,1-3H3,(H,18,22). The van der Waals surface area contributed by atoms with Crippen LogP contribution in [0.1, 0.15) is 51.1 Å². The second-order valence-electron chi connectivity index (χ2n) is 6.67. The van der Waals surface area contributed by atoms with Crippen molar-refractivity contribution in [3.8, 4) is 0 Å². The zero-order valence-corrected chi connectivity index (χ0v) is 15.2. The Balaban J connectivity index is 1.65. The minimum absolute atomic E-state index is 0.0294. The second-order valence-corrected chi connectivity index (χ2v) is 7.61. The number of aromatic nitrogens is 3. The smallest absolute Gasteiger partial charge is 0.230 e. The van der Waals surface area contributed by atoms with Gasteiger partial charge >= 0.3 is 0 Å². The molecular formula is C17H24N4O2S. The van der Waals surface area contributed by atoms with Crippen LogP contribution in [0.4, 0.5) is 0 Å². The molecule has 0 aromatic carbocycles. The number of carbonyl (C=O) groups excluding carboxylic acids is 1. The maximum absolute atomic E-state index is 12.1. The summed E-state index contributed by atoms with van der Waals surface area (Å²) in [4.78, 5) is 12.1. The quantitative estimate of drug-likeness (QED) is 0.742. The third kappa shape index (κ3) is 4.20. The van der Waals surface area contributed by atoms with Crippen LogP contribution in [0.25, 0.3) is 0 Å². The highest BCUT2D eigenvalue weighted by atomic mass is 32.2. The molecule has 2 aromatic heterocycles. The zero-order chi connectivity index (χ0) is 17.1. The minimum Gasteiger partial charge on any atom is -0.467 e. The Labute approximate surface area is 146 Å². The van der Waals surface area contributed by atoms with Gasteiger partial charge in [0.1, 0.15) is 11.6 Å². The SMILES string of the molecule is CC(C)C(C)NC(=O)CSc1nnc(C2CC2)n1Cc1ccco1. The molecule has 0 saturated heterocycles. The highest BCUT2D eigenvalue weighted by Gasteiger charge is 2.30. The molecule has 1 atom stereocenters. The van der Waals surface area contributed by atoms with Gasteiger partial charge in [-0.05, 0) is 37.8 Å². The van der Waals surface area contributed by atoms with Crippen molar-refractivity contribution >= 4 is 17.7 Å². The Morgan fingerprint density at radius 3 is 2.83 bits per heavy atom. The predicted octanol–water partition coefficient (Wildman–Crippen LogP) is 3.05. The maximum Gasteiger partial charge on any atom is 0.230 e. The molecule has 3 rings (SSSR count). The molecule has 2 heterocycles. The molecule has 6 nitrogen and oxygen atoms in total. The first-order valence-electron chi connectivity index (χ1n) is 8.42. The van der Waals surface area contributed by atoms with Crippen molar-refractivity contribution in [1.29, 1.82) is 0 Å². The van der Waals surface area contributed by atoms with Gasteiger partial charge in [0, 0.05) is 12.0 Å². The first kappa shape index (κ1) is 17.1. The minimum atomic E-state index is 0.0294. The fourth-order valence-corrected chi connectivity index (χ4v) is 3.11. The Bertz CT molecular complexity index is 677. The van der Waals surface area contributed by atoms with Gasteiger partial charge in [0.2, 0.25) is 5.91 Å². The van der Waals surface area contributed by atoms with Gasteiger partial charge in [0.25, 0.3) is 0 Å². The fraction of sp³-hybridized carbons (Fsp3) is 0.588. The molecular weight excluding hydrogens is 324 g/mol. The van der Waals surface area contributed by atoms with Crippen LogP contribution in [0.2, 0.25) is 0 Å². The molecule has 1 aliphatic carbocycles. The van der Waals surface area contributed by atoms with Crippen molar-refractivity contribution in [2.24, 2.45) is 5.92 Å². The van der Waals surface area contributed by atoms with Crippen LogP contribution in [-0.2, 0) is 11.3 Å². The van der Waals surface area contributed by atoms with Crippen LogP contribution in [0.3, 0.4) is 0 Å². The van der Waals surface area contributed by atoms with E-state index in [4.69, 9.17) is 4.42 Å². The van der Waals surface area contributed by atoms with Crippen LogP contribution in [0.5, 0.6) is 0 Å². The maximum atomic E-state index is 12.1. The highest BCUT2D eigenvalue weighted by molar-refractivity contribution is 7.99. The molecule has 1 unspecified atom stereocenters. The lowest BCUT2D eigenvalue weighted by Gasteiger charge is -2.17. The largest absolute Gasteiger partial charge is 0.467 e. The molecule has 1 fully saturated rings. The Kier molecular flexibility index (Phi) is 5.28. The van der Waals surface area contributed by atoms with E-state index in [0.29, 0.717) is 24.1 Å². The molecule has 1 aliphatic rings. The molecule has 24 heavy (non-hydrogen) atoms. The molecule has 1 amide bonds. The normalized spacial score (nSPS) is 15.7. The number of thioether (sulfide) groups is 1. The lowest BCUT2D eigenvalue weighted by molar-refractivity contribution is -0.119. The van der Waals surface area contributed by atoms with Gasteiger partial charge < -0.3 is 9.73 Å². The Hall–Kier alpha value is -1.76. The van der Waals surface area contributed by atoms with Gasteiger partial charge in [-0.15, -0.1) is 10.2 Å². The summed E-state index contributed by atoms with van der Waals surface area (Å²) in [5.41, 5.74) is 0. The fourth-order valence-electron chi connectivity index (χ4n) is 2.35. The van der Waals surface area contributed by atoms with Gasteiger partial charge in [0.05, 0.1) is 18.6 Å². The summed E-state index contributed by atoms with van der Waals surface area (Å²) in [5.74, 6) is 3.17. The lowest BCUT2D eigenvalue weighted by atomic mass is 10.1. The summed E-state index contributed by atoms with van der Waals surface area (Å²) in [7, 11) is 0. The summed E-state index contributed by atoms with van der Waals surface area (Å²) in [6, 6.07) is 3.99.